The lowest BCUT2D eigenvalue weighted by molar-refractivity contribution is -0.143. The zero-order valence-corrected chi connectivity index (χ0v) is 26.0. The summed E-state index contributed by atoms with van der Waals surface area (Å²) in [6, 6.07) is 28.1. The van der Waals surface area contributed by atoms with Gasteiger partial charge in [-0.05, 0) is 49.2 Å². The Hall–Kier alpha value is -5.35. The van der Waals surface area contributed by atoms with Crippen LogP contribution < -0.4 is 15.8 Å². The van der Waals surface area contributed by atoms with Crippen molar-refractivity contribution < 1.29 is 19.1 Å². The number of amides is 3. The maximum Gasteiger partial charge on any atom is 0.243 e. The van der Waals surface area contributed by atoms with Gasteiger partial charge in [-0.25, -0.2) is 0 Å². The number of primary amides is 1. The van der Waals surface area contributed by atoms with Crippen LogP contribution >= 0.6 is 0 Å². The van der Waals surface area contributed by atoms with Gasteiger partial charge >= 0.3 is 0 Å². The molecular formula is C36H38N6O4. The second-order valence-electron chi connectivity index (χ2n) is 11.1. The summed E-state index contributed by atoms with van der Waals surface area (Å²) in [7, 11) is 0. The summed E-state index contributed by atoms with van der Waals surface area (Å²) < 4.78 is 6.25. The van der Waals surface area contributed by atoms with Gasteiger partial charge < -0.3 is 25.6 Å². The number of carbonyl (C=O) groups is 3. The van der Waals surface area contributed by atoms with Gasteiger partial charge in [0, 0.05) is 29.2 Å². The molecule has 0 aliphatic rings. The molecule has 0 radical (unpaired) electrons. The summed E-state index contributed by atoms with van der Waals surface area (Å²) >= 11 is 0. The highest BCUT2D eigenvalue weighted by atomic mass is 16.5. The molecule has 3 N–H and O–H groups in total. The molecule has 236 valence electrons. The molecule has 0 fully saturated rings. The number of nitrogens with zero attached hydrogens (tertiary/aromatic N) is 4. The van der Waals surface area contributed by atoms with Crippen molar-refractivity contribution in [3.8, 4) is 5.75 Å². The van der Waals surface area contributed by atoms with Crippen LogP contribution in [0.4, 0.5) is 0 Å². The van der Waals surface area contributed by atoms with Crippen LogP contribution in [0.3, 0.4) is 0 Å². The Morgan fingerprint density at radius 1 is 0.804 bits per heavy atom. The molecule has 0 saturated carbocycles. The predicted octanol–water partition coefficient (Wildman–Crippen LogP) is 4.42. The van der Waals surface area contributed by atoms with Gasteiger partial charge in [-0.2, -0.15) is 0 Å². The highest BCUT2D eigenvalue weighted by molar-refractivity contribution is 6.05. The van der Waals surface area contributed by atoms with E-state index in [1.807, 2.05) is 105 Å². The first-order chi connectivity index (χ1) is 22.3. The molecule has 3 aromatic carbocycles. The molecule has 5 aromatic rings. The lowest BCUT2D eigenvalue weighted by Gasteiger charge is -2.31. The summed E-state index contributed by atoms with van der Waals surface area (Å²) in [6.07, 6.45) is 3.44. The predicted molar refractivity (Wildman–Crippen MR) is 178 cm³/mol. The Bertz CT molecular complexity index is 1800. The first-order valence-electron chi connectivity index (χ1n) is 15.3. The molecule has 0 spiro atoms. The summed E-state index contributed by atoms with van der Waals surface area (Å²) in [5, 5.41) is 4.94. The Morgan fingerprint density at radius 2 is 1.46 bits per heavy atom. The quantitative estimate of drug-likeness (QED) is 0.176. The molecule has 0 aliphatic heterocycles. The fraction of sp³-hybridized carbons (Fsp3) is 0.250. The number of hydrogen-bond acceptors (Lipinski definition) is 7. The minimum absolute atomic E-state index is 0.00188. The number of nitrogens with one attached hydrogen (secondary N) is 1. The van der Waals surface area contributed by atoms with E-state index in [4.69, 9.17) is 10.5 Å². The number of carbonyl (C=O) groups excluding carboxylic acids is 3. The highest BCUT2D eigenvalue weighted by Crippen LogP contribution is 2.31. The SMILES string of the molecule is C[C@H](NCC(=O)N(CCOc1cc2cccnc2c2ncccc12)CC(=O)N(CC(N)=O)[C@@H](C)c1ccccc1)c1ccccc1. The average molecular weight is 619 g/mol. The summed E-state index contributed by atoms with van der Waals surface area (Å²) in [6.45, 7) is 3.53. The Labute approximate surface area is 268 Å². The molecule has 0 aliphatic carbocycles. The average Bonchev–Trinajstić information content (AvgIpc) is 3.09. The molecule has 5 rings (SSSR count). The monoisotopic (exact) mass is 618 g/mol. The van der Waals surface area contributed by atoms with Crippen LogP contribution in [0.15, 0.2) is 103 Å². The van der Waals surface area contributed by atoms with E-state index in [9.17, 15) is 14.4 Å². The van der Waals surface area contributed by atoms with E-state index in [1.165, 1.54) is 9.80 Å². The molecule has 2 aromatic heterocycles. The molecular weight excluding hydrogens is 580 g/mol. The first-order valence-corrected chi connectivity index (χ1v) is 15.3. The van der Waals surface area contributed by atoms with E-state index in [0.29, 0.717) is 5.75 Å². The van der Waals surface area contributed by atoms with Gasteiger partial charge in [0.15, 0.2) is 0 Å². The Morgan fingerprint density at radius 3 is 2.15 bits per heavy atom. The fourth-order valence-electron chi connectivity index (χ4n) is 5.41. The normalized spacial score (nSPS) is 12.4. The Kier molecular flexibility index (Phi) is 10.5. The van der Waals surface area contributed by atoms with Gasteiger partial charge in [0.05, 0.1) is 37.7 Å². The number of benzene rings is 3. The lowest BCUT2D eigenvalue weighted by Crippen LogP contribution is -2.49. The Balaban J connectivity index is 1.35. The van der Waals surface area contributed by atoms with Crippen molar-refractivity contribution >= 4 is 39.5 Å². The summed E-state index contributed by atoms with van der Waals surface area (Å²) in [5.41, 5.74) is 8.93. The third-order valence-electron chi connectivity index (χ3n) is 7.98. The van der Waals surface area contributed by atoms with Crippen molar-refractivity contribution in [2.75, 3.05) is 32.8 Å². The van der Waals surface area contributed by atoms with Crippen LogP contribution in [0.5, 0.6) is 5.75 Å². The van der Waals surface area contributed by atoms with Crippen LogP contribution in [0, 0.1) is 0 Å². The third-order valence-corrected chi connectivity index (χ3v) is 7.98. The van der Waals surface area contributed by atoms with Gasteiger partial charge in [-0.1, -0.05) is 66.7 Å². The van der Waals surface area contributed by atoms with Gasteiger partial charge in [-0.15, -0.1) is 0 Å². The number of pyridine rings is 2. The zero-order valence-electron chi connectivity index (χ0n) is 26.0. The fourth-order valence-corrected chi connectivity index (χ4v) is 5.41. The van der Waals surface area contributed by atoms with Crippen molar-refractivity contribution in [1.29, 1.82) is 0 Å². The van der Waals surface area contributed by atoms with Crippen LogP contribution in [0.1, 0.15) is 37.1 Å². The second-order valence-corrected chi connectivity index (χ2v) is 11.1. The van der Waals surface area contributed by atoms with Crippen LogP contribution in [-0.2, 0) is 14.4 Å². The van der Waals surface area contributed by atoms with E-state index in [0.717, 1.165) is 32.9 Å². The number of ether oxygens (including phenoxy) is 1. The second kappa shape index (κ2) is 15.1. The topological polar surface area (TPSA) is 131 Å². The van der Waals surface area contributed by atoms with Crippen LogP contribution in [0.2, 0.25) is 0 Å². The molecule has 0 saturated heterocycles. The molecule has 0 bridgehead atoms. The minimum Gasteiger partial charge on any atom is -0.491 e. The van der Waals surface area contributed by atoms with E-state index < -0.39 is 17.9 Å². The largest absolute Gasteiger partial charge is 0.491 e. The van der Waals surface area contributed by atoms with Crippen molar-refractivity contribution in [3.05, 3.63) is 115 Å². The summed E-state index contributed by atoms with van der Waals surface area (Å²) in [5.74, 6) is -0.709. The third kappa shape index (κ3) is 7.83. The van der Waals surface area contributed by atoms with Crippen molar-refractivity contribution in [3.63, 3.8) is 0 Å². The van der Waals surface area contributed by atoms with Gasteiger partial charge in [0.25, 0.3) is 0 Å². The molecule has 46 heavy (non-hydrogen) atoms. The molecule has 2 heterocycles. The number of aromatic nitrogens is 2. The highest BCUT2D eigenvalue weighted by Gasteiger charge is 2.27. The number of hydrogen-bond donors (Lipinski definition) is 2. The lowest BCUT2D eigenvalue weighted by atomic mass is 10.1. The maximum absolute atomic E-state index is 13.8. The van der Waals surface area contributed by atoms with Crippen molar-refractivity contribution in [1.82, 2.24) is 25.1 Å². The van der Waals surface area contributed by atoms with Crippen molar-refractivity contribution in [2.45, 2.75) is 25.9 Å². The molecule has 10 heteroatoms. The smallest absolute Gasteiger partial charge is 0.243 e. The summed E-state index contributed by atoms with van der Waals surface area (Å²) in [4.78, 5) is 51.3. The number of fused-ring (bicyclic) bond motifs is 3. The standard InChI is InChI=1S/C36H38N6O4/c1-25(27-11-5-3-6-12-27)40-22-33(44)41(24-34(45)42(23-32(37)43)26(2)28-13-7-4-8-14-28)19-20-46-31-21-29-15-9-17-38-35(29)36-30(31)16-10-18-39-36/h3-18,21,25-26,40H,19-20,22-24H2,1-2H3,(H2,37,43)/t25-,26-/m0/s1. The van der Waals surface area contributed by atoms with Crippen LogP contribution in [0.25, 0.3) is 21.8 Å². The molecule has 3 amide bonds. The first kappa shape index (κ1) is 32.1. The van der Waals surface area contributed by atoms with Gasteiger partial charge in [0.1, 0.15) is 17.9 Å². The van der Waals surface area contributed by atoms with E-state index in [1.54, 1.807) is 12.4 Å². The van der Waals surface area contributed by atoms with Crippen LogP contribution in [-0.4, -0.2) is 70.3 Å². The van der Waals surface area contributed by atoms with Gasteiger partial charge in [0.2, 0.25) is 17.7 Å². The van der Waals surface area contributed by atoms with E-state index in [-0.39, 0.29) is 44.7 Å². The minimum atomic E-state index is -0.637. The maximum atomic E-state index is 13.8. The number of nitrogens with two attached hydrogens (primary N) is 1. The molecule has 0 unspecified atom stereocenters. The van der Waals surface area contributed by atoms with Crippen molar-refractivity contribution in [2.24, 2.45) is 5.73 Å². The van der Waals surface area contributed by atoms with E-state index in [2.05, 4.69) is 15.3 Å². The molecule has 2 atom stereocenters. The number of rotatable bonds is 14. The van der Waals surface area contributed by atoms with E-state index >= 15 is 0 Å². The zero-order chi connectivity index (χ0) is 32.5. The molecule has 10 nitrogen and oxygen atoms in total. The van der Waals surface area contributed by atoms with Gasteiger partial charge in [-0.3, -0.25) is 24.4 Å².